The lowest BCUT2D eigenvalue weighted by atomic mass is 9.78. The molecule has 0 bridgehead atoms. The Morgan fingerprint density at radius 3 is 2.61 bits per heavy atom. The fraction of sp³-hybridized carbons (Fsp3) is 1.00. The number of hydrogen-bond acceptors (Lipinski definition) is 3. The van der Waals surface area contributed by atoms with Gasteiger partial charge in [0.1, 0.15) is 0 Å². The minimum Gasteiger partial charge on any atom is -0.395 e. The molecule has 3 nitrogen and oxygen atoms in total. The first-order valence-corrected chi connectivity index (χ1v) is 7.81. The molecule has 1 heterocycles. The molecule has 2 aliphatic rings. The zero-order valence-electron chi connectivity index (χ0n) is 12.1. The Kier molecular flexibility index (Phi) is 5.46. The average Bonchev–Trinajstić information content (AvgIpc) is 2.38. The van der Waals surface area contributed by atoms with Gasteiger partial charge >= 0.3 is 0 Å². The standard InChI is InChI=1S/C15H30N2O/c1-12(2)16-14(11-18)10-17-9-5-7-13-6-3-4-8-15(13)17/h12-16,18H,3-11H2,1-2H3/t13-,14?,15-/m1/s1. The second-order valence-corrected chi connectivity index (χ2v) is 6.45. The predicted octanol–water partition coefficient (Wildman–Crippen LogP) is 2.00. The van der Waals surface area contributed by atoms with Crippen molar-refractivity contribution in [3.63, 3.8) is 0 Å². The number of aliphatic hydroxyl groups excluding tert-OH is 1. The molecule has 106 valence electrons. The van der Waals surface area contributed by atoms with Crippen LogP contribution in [-0.4, -0.2) is 47.8 Å². The van der Waals surface area contributed by atoms with Crippen molar-refractivity contribution in [3.05, 3.63) is 0 Å². The van der Waals surface area contributed by atoms with Crippen LogP contribution in [0, 0.1) is 5.92 Å². The third kappa shape index (κ3) is 3.69. The number of hydrogen-bond donors (Lipinski definition) is 2. The van der Waals surface area contributed by atoms with Crippen molar-refractivity contribution in [2.75, 3.05) is 19.7 Å². The van der Waals surface area contributed by atoms with Gasteiger partial charge in [0.05, 0.1) is 6.61 Å². The third-order valence-electron chi connectivity index (χ3n) is 4.60. The maximum Gasteiger partial charge on any atom is 0.0597 e. The largest absolute Gasteiger partial charge is 0.395 e. The summed E-state index contributed by atoms with van der Waals surface area (Å²) in [6.07, 6.45) is 8.43. The molecule has 18 heavy (non-hydrogen) atoms. The van der Waals surface area contributed by atoms with Crippen LogP contribution in [0.3, 0.4) is 0 Å². The highest BCUT2D eigenvalue weighted by Gasteiger charge is 2.33. The second kappa shape index (κ2) is 6.88. The summed E-state index contributed by atoms with van der Waals surface area (Å²) < 4.78 is 0. The normalized spacial score (nSPS) is 31.3. The average molecular weight is 254 g/mol. The molecule has 0 aromatic rings. The van der Waals surface area contributed by atoms with E-state index in [1.807, 2.05) is 0 Å². The molecule has 1 saturated heterocycles. The Bertz CT molecular complexity index is 243. The van der Waals surface area contributed by atoms with Gasteiger partial charge in [0.15, 0.2) is 0 Å². The van der Waals surface area contributed by atoms with Gasteiger partial charge in [0, 0.05) is 24.7 Å². The van der Waals surface area contributed by atoms with Crippen LogP contribution < -0.4 is 5.32 Å². The summed E-state index contributed by atoms with van der Waals surface area (Å²) in [5.74, 6) is 0.936. The van der Waals surface area contributed by atoms with Gasteiger partial charge in [-0.3, -0.25) is 4.90 Å². The molecule has 1 unspecified atom stereocenters. The van der Waals surface area contributed by atoms with E-state index in [0.717, 1.165) is 18.5 Å². The fourth-order valence-corrected chi connectivity index (χ4v) is 3.87. The van der Waals surface area contributed by atoms with Crippen LogP contribution in [0.5, 0.6) is 0 Å². The first-order chi connectivity index (χ1) is 8.70. The fourth-order valence-electron chi connectivity index (χ4n) is 3.87. The minimum absolute atomic E-state index is 0.241. The minimum atomic E-state index is 0.241. The monoisotopic (exact) mass is 254 g/mol. The van der Waals surface area contributed by atoms with Gasteiger partial charge in [-0.15, -0.1) is 0 Å². The van der Waals surface area contributed by atoms with E-state index in [1.165, 1.54) is 45.1 Å². The molecule has 2 N–H and O–H groups in total. The molecule has 3 atom stereocenters. The highest BCUT2D eigenvalue weighted by atomic mass is 16.3. The Balaban J connectivity index is 1.89. The summed E-state index contributed by atoms with van der Waals surface area (Å²) in [7, 11) is 0. The van der Waals surface area contributed by atoms with Crippen LogP contribution in [0.15, 0.2) is 0 Å². The number of fused-ring (bicyclic) bond motifs is 1. The summed E-state index contributed by atoms with van der Waals surface area (Å²) >= 11 is 0. The maximum atomic E-state index is 9.51. The lowest BCUT2D eigenvalue weighted by Gasteiger charge is -2.45. The number of piperidine rings is 1. The van der Waals surface area contributed by atoms with Crippen LogP contribution in [0.4, 0.5) is 0 Å². The van der Waals surface area contributed by atoms with E-state index in [2.05, 4.69) is 24.1 Å². The first kappa shape index (κ1) is 14.3. The molecular weight excluding hydrogens is 224 g/mol. The number of likely N-dealkylation sites (tertiary alicyclic amines) is 1. The number of rotatable bonds is 5. The molecule has 0 aromatic heterocycles. The van der Waals surface area contributed by atoms with Gasteiger partial charge in [-0.05, 0) is 38.1 Å². The van der Waals surface area contributed by atoms with E-state index in [9.17, 15) is 5.11 Å². The Morgan fingerprint density at radius 1 is 1.17 bits per heavy atom. The summed E-state index contributed by atoms with van der Waals surface area (Å²) in [6.45, 7) is 6.82. The van der Waals surface area contributed by atoms with E-state index in [0.29, 0.717) is 6.04 Å². The first-order valence-electron chi connectivity index (χ1n) is 7.81. The van der Waals surface area contributed by atoms with E-state index < -0.39 is 0 Å². The highest BCUT2D eigenvalue weighted by Crippen LogP contribution is 2.35. The Labute approximate surface area is 112 Å². The van der Waals surface area contributed by atoms with E-state index in [1.54, 1.807) is 0 Å². The Hall–Kier alpha value is -0.120. The molecule has 0 aromatic carbocycles. The molecule has 0 spiro atoms. The molecule has 2 fully saturated rings. The molecule has 0 amide bonds. The van der Waals surface area contributed by atoms with Crippen molar-refractivity contribution in [2.45, 2.75) is 70.5 Å². The van der Waals surface area contributed by atoms with Gasteiger partial charge in [-0.25, -0.2) is 0 Å². The SMILES string of the molecule is CC(C)NC(CO)CN1CCC[C@H]2CCCC[C@H]21. The van der Waals surface area contributed by atoms with E-state index in [4.69, 9.17) is 0 Å². The van der Waals surface area contributed by atoms with Gasteiger partial charge in [0.2, 0.25) is 0 Å². The zero-order valence-corrected chi connectivity index (χ0v) is 12.1. The van der Waals surface area contributed by atoms with Crippen LogP contribution >= 0.6 is 0 Å². The van der Waals surface area contributed by atoms with Crippen molar-refractivity contribution in [2.24, 2.45) is 5.92 Å². The molecular formula is C15H30N2O. The van der Waals surface area contributed by atoms with Crippen LogP contribution in [0.25, 0.3) is 0 Å². The Morgan fingerprint density at radius 2 is 1.89 bits per heavy atom. The lowest BCUT2D eigenvalue weighted by molar-refractivity contribution is 0.0449. The molecule has 2 rings (SSSR count). The quantitative estimate of drug-likeness (QED) is 0.788. The van der Waals surface area contributed by atoms with Gasteiger partial charge < -0.3 is 10.4 Å². The number of nitrogens with zero attached hydrogens (tertiary/aromatic N) is 1. The van der Waals surface area contributed by atoms with E-state index >= 15 is 0 Å². The third-order valence-corrected chi connectivity index (χ3v) is 4.60. The molecule has 1 saturated carbocycles. The van der Waals surface area contributed by atoms with Crippen LogP contribution in [0.1, 0.15) is 52.4 Å². The van der Waals surface area contributed by atoms with Gasteiger partial charge in [-0.1, -0.05) is 26.7 Å². The van der Waals surface area contributed by atoms with Crippen LogP contribution in [-0.2, 0) is 0 Å². The molecule has 3 heteroatoms. The summed E-state index contributed by atoms with van der Waals surface area (Å²) in [5, 5.41) is 13.0. The summed E-state index contributed by atoms with van der Waals surface area (Å²) in [6, 6.07) is 1.50. The van der Waals surface area contributed by atoms with Gasteiger partial charge in [0.25, 0.3) is 0 Å². The number of nitrogens with one attached hydrogen (secondary N) is 1. The topological polar surface area (TPSA) is 35.5 Å². The molecule has 1 aliphatic heterocycles. The highest BCUT2D eigenvalue weighted by molar-refractivity contribution is 4.89. The molecule has 1 aliphatic carbocycles. The van der Waals surface area contributed by atoms with Crippen molar-refractivity contribution >= 4 is 0 Å². The second-order valence-electron chi connectivity index (χ2n) is 6.45. The van der Waals surface area contributed by atoms with Crippen molar-refractivity contribution in [3.8, 4) is 0 Å². The van der Waals surface area contributed by atoms with Crippen molar-refractivity contribution < 1.29 is 5.11 Å². The van der Waals surface area contributed by atoms with Crippen LogP contribution in [0.2, 0.25) is 0 Å². The lowest BCUT2D eigenvalue weighted by Crippen LogP contribution is -2.53. The maximum absolute atomic E-state index is 9.51. The number of aliphatic hydroxyl groups is 1. The van der Waals surface area contributed by atoms with Gasteiger partial charge in [-0.2, -0.15) is 0 Å². The predicted molar refractivity (Wildman–Crippen MR) is 75.7 cm³/mol. The molecule has 0 radical (unpaired) electrons. The zero-order chi connectivity index (χ0) is 13.0. The van der Waals surface area contributed by atoms with Crippen molar-refractivity contribution in [1.29, 1.82) is 0 Å². The summed E-state index contributed by atoms with van der Waals surface area (Å²) in [4.78, 5) is 2.66. The smallest absolute Gasteiger partial charge is 0.0597 e. The van der Waals surface area contributed by atoms with Crippen molar-refractivity contribution in [1.82, 2.24) is 10.2 Å². The summed E-state index contributed by atoms with van der Waals surface area (Å²) in [5.41, 5.74) is 0. The van der Waals surface area contributed by atoms with E-state index in [-0.39, 0.29) is 12.6 Å².